The second kappa shape index (κ2) is 5.22. The lowest BCUT2D eigenvalue weighted by Gasteiger charge is -2.09. The van der Waals surface area contributed by atoms with E-state index in [2.05, 4.69) is 10.1 Å². The molecule has 0 radical (unpaired) electrons. The van der Waals surface area contributed by atoms with E-state index in [0.29, 0.717) is 17.0 Å². The Kier molecular flexibility index (Phi) is 3.64. The second-order valence-electron chi connectivity index (χ2n) is 4.70. The van der Waals surface area contributed by atoms with Crippen LogP contribution < -0.4 is 4.74 Å². The van der Waals surface area contributed by atoms with Gasteiger partial charge in [0.1, 0.15) is 11.4 Å². The molecule has 0 aliphatic carbocycles. The van der Waals surface area contributed by atoms with Crippen molar-refractivity contribution in [2.75, 3.05) is 0 Å². The highest BCUT2D eigenvalue weighted by Crippen LogP contribution is 2.16. The van der Waals surface area contributed by atoms with E-state index < -0.39 is 0 Å². The Balaban J connectivity index is 2.28. The van der Waals surface area contributed by atoms with E-state index in [9.17, 15) is 4.79 Å². The van der Waals surface area contributed by atoms with Crippen LogP contribution in [0.2, 0.25) is 0 Å². The highest BCUT2D eigenvalue weighted by molar-refractivity contribution is 6.07. The third kappa shape index (κ3) is 2.99. The van der Waals surface area contributed by atoms with Crippen molar-refractivity contribution in [1.82, 2.24) is 14.8 Å². The zero-order valence-corrected chi connectivity index (χ0v) is 11.5. The molecule has 0 amide bonds. The fourth-order valence-electron chi connectivity index (χ4n) is 1.70. The van der Waals surface area contributed by atoms with Crippen molar-refractivity contribution in [3.8, 4) is 5.75 Å². The van der Waals surface area contributed by atoms with Gasteiger partial charge in [-0.15, -0.1) is 0 Å². The first-order valence-corrected chi connectivity index (χ1v) is 6.14. The van der Waals surface area contributed by atoms with Crippen LogP contribution in [-0.2, 0) is 7.05 Å². The maximum atomic E-state index is 12.3. The number of pyridine rings is 1. The van der Waals surface area contributed by atoms with Crippen molar-refractivity contribution in [3.63, 3.8) is 0 Å². The molecule has 5 nitrogen and oxygen atoms in total. The van der Waals surface area contributed by atoms with Crippen LogP contribution in [0.4, 0.5) is 0 Å². The third-order valence-corrected chi connectivity index (χ3v) is 2.69. The Bertz CT molecular complexity index is 583. The van der Waals surface area contributed by atoms with E-state index in [1.165, 1.54) is 6.20 Å². The number of hydrogen-bond acceptors (Lipinski definition) is 4. The molecule has 0 atom stereocenters. The number of hydrogen-bond donors (Lipinski definition) is 0. The number of rotatable bonds is 4. The lowest BCUT2D eigenvalue weighted by Crippen LogP contribution is -2.08. The molecule has 0 aromatic carbocycles. The van der Waals surface area contributed by atoms with Gasteiger partial charge in [-0.05, 0) is 32.9 Å². The van der Waals surface area contributed by atoms with Crippen molar-refractivity contribution in [1.29, 1.82) is 0 Å². The molecule has 100 valence electrons. The molecule has 0 bridgehead atoms. The highest BCUT2D eigenvalue weighted by atomic mass is 16.5. The van der Waals surface area contributed by atoms with Gasteiger partial charge in [0.15, 0.2) is 0 Å². The van der Waals surface area contributed by atoms with Gasteiger partial charge in [0.2, 0.25) is 5.78 Å². The number of carbonyl (C=O) groups excluding carboxylic acids is 1. The van der Waals surface area contributed by atoms with Crippen molar-refractivity contribution in [2.45, 2.75) is 26.9 Å². The summed E-state index contributed by atoms with van der Waals surface area (Å²) in [5.74, 6) is 0.443. The fraction of sp³-hybridized carbons (Fsp3) is 0.357. The summed E-state index contributed by atoms with van der Waals surface area (Å²) in [4.78, 5) is 16.3. The fourth-order valence-corrected chi connectivity index (χ4v) is 1.70. The molecular weight excluding hydrogens is 242 g/mol. The van der Waals surface area contributed by atoms with E-state index in [1.54, 1.807) is 23.0 Å². The van der Waals surface area contributed by atoms with Crippen molar-refractivity contribution in [2.24, 2.45) is 7.05 Å². The Labute approximate surface area is 112 Å². The summed E-state index contributed by atoms with van der Waals surface area (Å²) in [6.45, 7) is 5.76. The highest BCUT2D eigenvalue weighted by Gasteiger charge is 2.15. The zero-order valence-electron chi connectivity index (χ0n) is 11.5. The maximum absolute atomic E-state index is 12.3. The van der Waals surface area contributed by atoms with Crippen molar-refractivity contribution in [3.05, 3.63) is 41.5 Å². The first-order chi connectivity index (χ1) is 8.97. The standard InChI is InChI=1S/C14H17N3O2/c1-9(2)19-12-6-11(7-15-8-12)14(18)13-5-10(3)17(4)16-13/h5-9H,1-4H3. The molecule has 0 unspecified atom stereocenters. The monoisotopic (exact) mass is 259 g/mol. The summed E-state index contributed by atoms with van der Waals surface area (Å²) < 4.78 is 7.21. The van der Waals surface area contributed by atoms with E-state index >= 15 is 0 Å². The van der Waals surface area contributed by atoms with Crippen LogP contribution in [-0.4, -0.2) is 26.7 Å². The number of aryl methyl sites for hydroxylation is 2. The van der Waals surface area contributed by atoms with Crippen LogP contribution in [0.25, 0.3) is 0 Å². The van der Waals surface area contributed by atoms with Crippen molar-refractivity contribution < 1.29 is 9.53 Å². The van der Waals surface area contributed by atoms with Gasteiger partial charge in [-0.3, -0.25) is 14.5 Å². The average molecular weight is 259 g/mol. The third-order valence-electron chi connectivity index (χ3n) is 2.69. The zero-order chi connectivity index (χ0) is 14.0. The van der Waals surface area contributed by atoms with Gasteiger partial charge in [0.05, 0.1) is 12.3 Å². The molecule has 0 spiro atoms. The first kappa shape index (κ1) is 13.3. The van der Waals surface area contributed by atoms with Gasteiger partial charge < -0.3 is 4.74 Å². The van der Waals surface area contributed by atoms with Crippen LogP contribution in [0.5, 0.6) is 5.75 Å². The summed E-state index contributed by atoms with van der Waals surface area (Å²) in [5, 5.41) is 4.18. The summed E-state index contributed by atoms with van der Waals surface area (Å²) in [5.41, 5.74) is 1.84. The molecule has 0 saturated heterocycles. The molecule has 0 fully saturated rings. The predicted molar refractivity (Wildman–Crippen MR) is 71.4 cm³/mol. The van der Waals surface area contributed by atoms with Gasteiger partial charge in [-0.2, -0.15) is 5.10 Å². The topological polar surface area (TPSA) is 57.0 Å². The summed E-state index contributed by atoms with van der Waals surface area (Å²) in [6, 6.07) is 3.46. The largest absolute Gasteiger partial charge is 0.489 e. The minimum absolute atomic E-state index is 0.0456. The molecule has 0 saturated carbocycles. The van der Waals surface area contributed by atoms with Gasteiger partial charge in [-0.1, -0.05) is 0 Å². The van der Waals surface area contributed by atoms with Gasteiger partial charge in [0, 0.05) is 24.5 Å². The van der Waals surface area contributed by atoms with E-state index in [1.807, 2.05) is 27.8 Å². The molecular formula is C14H17N3O2. The number of ether oxygens (including phenoxy) is 1. The van der Waals surface area contributed by atoms with E-state index in [4.69, 9.17) is 4.74 Å². The quantitative estimate of drug-likeness (QED) is 0.789. The van der Waals surface area contributed by atoms with Gasteiger partial charge >= 0.3 is 0 Å². The minimum Gasteiger partial charge on any atom is -0.489 e. The van der Waals surface area contributed by atoms with Crippen LogP contribution in [0.3, 0.4) is 0 Å². The second-order valence-corrected chi connectivity index (χ2v) is 4.70. The number of carbonyl (C=O) groups is 1. The SMILES string of the molecule is Cc1cc(C(=O)c2cncc(OC(C)C)c2)nn1C. The van der Waals surface area contributed by atoms with Crippen LogP contribution in [0.15, 0.2) is 24.5 Å². The lowest BCUT2D eigenvalue weighted by atomic mass is 10.1. The summed E-state index contributed by atoms with van der Waals surface area (Å²) in [7, 11) is 1.81. The minimum atomic E-state index is -0.148. The smallest absolute Gasteiger partial charge is 0.214 e. The Morgan fingerprint density at radius 1 is 1.32 bits per heavy atom. The normalized spacial score (nSPS) is 10.8. The lowest BCUT2D eigenvalue weighted by molar-refractivity contribution is 0.103. The summed E-state index contributed by atoms with van der Waals surface area (Å²) >= 11 is 0. The Morgan fingerprint density at radius 2 is 2.05 bits per heavy atom. The number of ketones is 1. The van der Waals surface area contributed by atoms with Crippen molar-refractivity contribution >= 4 is 5.78 Å². The average Bonchev–Trinajstić information content (AvgIpc) is 2.68. The molecule has 19 heavy (non-hydrogen) atoms. The Hall–Kier alpha value is -2.17. The molecule has 5 heteroatoms. The maximum Gasteiger partial charge on any atom is 0.214 e. The van der Waals surface area contributed by atoms with E-state index in [-0.39, 0.29) is 11.9 Å². The van der Waals surface area contributed by atoms with Gasteiger partial charge in [0.25, 0.3) is 0 Å². The molecule has 2 heterocycles. The number of aromatic nitrogens is 3. The predicted octanol–water partition coefficient (Wildman–Crippen LogP) is 2.14. The van der Waals surface area contributed by atoms with E-state index in [0.717, 1.165) is 5.69 Å². The molecule has 2 aromatic heterocycles. The molecule has 2 aromatic rings. The molecule has 0 N–H and O–H groups in total. The molecule has 0 aliphatic rings. The van der Waals surface area contributed by atoms with Gasteiger partial charge in [-0.25, -0.2) is 0 Å². The summed E-state index contributed by atoms with van der Waals surface area (Å²) in [6.07, 6.45) is 3.17. The molecule has 0 aliphatic heterocycles. The Morgan fingerprint density at radius 3 is 2.63 bits per heavy atom. The van der Waals surface area contributed by atoms with Crippen LogP contribution >= 0.6 is 0 Å². The first-order valence-electron chi connectivity index (χ1n) is 6.14. The number of nitrogens with zero attached hydrogens (tertiary/aromatic N) is 3. The van der Waals surface area contributed by atoms with Crippen LogP contribution in [0.1, 0.15) is 35.6 Å². The van der Waals surface area contributed by atoms with Crippen LogP contribution in [0, 0.1) is 6.92 Å². The molecule has 2 rings (SSSR count).